The number of rotatable bonds is 5. The molecular weight excluding hydrogens is 394 g/mol. The average molecular weight is 415 g/mol. The van der Waals surface area contributed by atoms with Gasteiger partial charge in [-0.2, -0.15) is 0 Å². The molecule has 156 valence electrons. The molecule has 6 nitrogen and oxygen atoms in total. The zero-order valence-corrected chi connectivity index (χ0v) is 16.9. The number of Topliss-reactive ketones (excluding diaryl/α,β-unsaturated/α-hetero) is 1. The largest absolute Gasteiger partial charge is 0.451 e. The molecule has 0 spiro atoms. The Bertz CT molecular complexity index is 1090. The van der Waals surface area contributed by atoms with Gasteiger partial charge in [0.05, 0.1) is 23.1 Å². The molecule has 1 saturated carbocycles. The van der Waals surface area contributed by atoms with Crippen LogP contribution in [0.4, 0.5) is 5.69 Å². The number of amides is 2. The van der Waals surface area contributed by atoms with Gasteiger partial charge in [0.15, 0.2) is 6.10 Å². The summed E-state index contributed by atoms with van der Waals surface area (Å²) in [6.45, 7) is 1.52. The number of carbonyl (C=O) groups is 4. The maximum Gasteiger partial charge on any atom is 0.338 e. The Labute approximate surface area is 179 Å². The highest BCUT2D eigenvalue weighted by Crippen LogP contribution is 2.53. The van der Waals surface area contributed by atoms with E-state index in [4.69, 9.17) is 4.74 Å². The molecule has 3 aliphatic rings. The monoisotopic (exact) mass is 415 g/mol. The summed E-state index contributed by atoms with van der Waals surface area (Å²) in [6.07, 6.45) is 3.98. The quantitative estimate of drug-likeness (QED) is 0.324. The van der Waals surface area contributed by atoms with Gasteiger partial charge in [-0.25, -0.2) is 9.69 Å². The van der Waals surface area contributed by atoms with E-state index in [0.29, 0.717) is 11.3 Å². The first-order chi connectivity index (χ1) is 15.0. The number of carbonyl (C=O) groups excluding carboxylic acids is 4. The number of benzene rings is 2. The zero-order chi connectivity index (χ0) is 21.7. The van der Waals surface area contributed by atoms with Crippen molar-refractivity contribution in [3.63, 3.8) is 0 Å². The van der Waals surface area contributed by atoms with Crippen molar-refractivity contribution in [3.05, 3.63) is 77.9 Å². The fraction of sp³-hybridized carbons (Fsp3) is 0.280. The van der Waals surface area contributed by atoms with Crippen LogP contribution in [0.15, 0.2) is 66.7 Å². The van der Waals surface area contributed by atoms with E-state index in [9.17, 15) is 19.2 Å². The molecule has 0 aromatic heterocycles. The minimum Gasteiger partial charge on any atom is -0.451 e. The van der Waals surface area contributed by atoms with E-state index in [1.54, 1.807) is 48.5 Å². The molecule has 5 atom stereocenters. The van der Waals surface area contributed by atoms with Gasteiger partial charge in [-0.3, -0.25) is 14.4 Å². The molecule has 1 aliphatic heterocycles. The number of hydrogen-bond acceptors (Lipinski definition) is 5. The normalized spacial score (nSPS) is 26.8. The van der Waals surface area contributed by atoms with Gasteiger partial charge in [0.25, 0.3) is 0 Å². The number of imide groups is 1. The van der Waals surface area contributed by atoms with Crippen LogP contribution in [-0.4, -0.2) is 29.7 Å². The molecule has 2 aromatic carbocycles. The second-order valence-electron chi connectivity index (χ2n) is 8.34. The summed E-state index contributed by atoms with van der Waals surface area (Å²) >= 11 is 0. The van der Waals surface area contributed by atoms with Gasteiger partial charge >= 0.3 is 5.97 Å². The van der Waals surface area contributed by atoms with Gasteiger partial charge in [0.2, 0.25) is 17.6 Å². The van der Waals surface area contributed by atoms with E-state index in [1.807, 2.05) is 12.2 Å². The lowest BCUT2D eigenvalue weighted by Gasteiger charge is -2.18. The van der Waals surface area contributed by atoms with Crippen molar-refractivity contribution in [1.82, 2.24) is 0 Å². The topological polar surface area (TPSA) is 80.8 Å². The number of fused-ring (bicyclic) bond motifs is 5. The summed E-state index contributed by atoms with van der Waals surface area (Å²) in [7, 11) is 0. The van der Waals surface area contributed by atoms with Crippen LogP contribution < -0.4 is 4.90 Å². The number of nitrogens with zero attached hydrogens (tertiary/aromatic N) is 1. The van der Waals surface area contributed by atoms with Gasteiger partial charge in [-0.05, 0) is 43.4 Å². The van der Waals surface area contributed by atoms with E-state index < -0.39 is 12.1 Å². The third-order valence-corrected chi connectivity index (χ3v) is 6.52. The minimum atomic E-state index is -0.963. The van der Waals surface area contributed by atoms with E-state index in [2.05, 4.69) is 0 Å². The Morgan fingerprint density at radius 2 is 1.52 bits per heavy atom. The summed E-state index contributed by atoms with van der Waals surface area (Å²) < 4.78 is 5.36. The third kappa shape index (κ3) is 3.10. The van der Waals surface area contributed by atoms with E-state index >= 15 is 0 Å². The SMILES string of the molecule is CC(OC(=O)c1cccc(N2C(=O)C3C4C=CC(C4)C3C2=O)c1)C(=O)c1ccccc1. The van der Waals surface area contributed by atoms with E-state index in [1.165, 1.54) is 17.9 Å². The Morgan fingerprint density at radius 1 is 0.903 bits per heavy atom. The van der Waals surface area contributed by atoms with Gasteiger partial charge < -0.3 is 4.74 Å². The molecule has 2 bridgehead atoms. The fourth-order valence-electron chi connectivity index (χ4n) is 5.05. The predicted molar refractivity (Wildman–Crippen MR) is 112 cm³/mol. The van der Waals surface area contributed by atoms with Crippen LogP contribution in [0.2, 0.25) is 0 Å². The van der Waals surface area contributed by atoms with Crippen molar-refractivity contribution in [2.24, 2.45) is 23.7 Å². The second kappa shape index (κ2) is 7.30. The number of ketones is 1. The average Bonchev–Trinajstić information content (AvgIpc) is 3.47. The van der Waals surface area contributed by atoms with Crippen LogP contribution in [0.25, 0.3) is 0 Å². The van der Waals surface area contributed by atoms with Crippen molar-refractivity contribution in [1.29, 1.82) is 0 Å². The standard InChI is InChI=1S/C25H21NO5/c1-14(22(27)15-6-3-2-4-7-15)31-25(30)18-8-5-9-19(13-18)26-23(28)20-16-10-11-17(12-16)21(20)24(26)29/h2-11,13-14,16-17,20-21H,12H2,1H3. The second-order valence-corrected chi connectivity index (χ2v) is 8.34. The van der Waals surface area contributed by atoms with Crippen LogP contribution in [-0.2, 0) is 14.3 Å². The summed E-state index contributed by atoms with van der Waals surface area (Å²) in [5.41, 5.74) is 1.00. The number of allylic oxidation sites excluding steroid dienone is 2. The molecule has 2 fully saturated rings. The molecule has 0 radical (unpaired) electrons. The van der Waals surface area contributed by atoms with Crippen LogP contribution in [0, 0.1) is 23.7 Å². The highest BCUT2D eigenvalue weighted by Gasteiger charge is 2.59. The van der Waals surface area contributed by atoms with Crippen LogP contribution in [0.3, 0.4) is 0 Å². The molecule has 5 rings (SSSR count). The van der Waals surface area contributed by atoms with Crippen molar-refractivity contribution >= 4 is 29.3 Å². The smallest absolute Gasteiger partial charge is 0.338 e. The summed E-state index contributed by atoms with van der Waals surface area (Å²) in [5.74, 6) is -1.76. The van der Waals surface area contributed by atoms with Crippen molar-refractivity contribution in [2.75, 3.05) is 4.90 Å². The lowest BCUT2D eigenvalue weighted by atomic mass is 9.85. The number of anilines is 1. The first-order valence-electron chi connectivity index (χ1n) is 10.4. The number of hydrogen-bond donors (Lipinski definition) is 0. The fourth-order valence-corrected chi connectivity index (χ4v) is 5.05. The van der Waals surface area contributed by atoms with E-state index in [-0.39, 0.29) is 46.8 Å². The Balaban J connectivity index is 1.34. The van der Waals surface area contributed by atoms with Crippen molar-refractivity contribution < 1.29 is 23.9 Å². The summed E-state index contributed by atoms with van der Waals surface area (Å²) in [4.78, 5) is 52.3. The molecule has 2 aromatic rings. The van der Waals surface area contributed by atoms with Gasteiger partial charge in [0, 0.05) is 5.56 Å². The van der Waals surface area contributed by atoms with Gasteiger partial charge in [-0.1, -0.05) is 48.6 Å². The maximum atomic E-state index is 13.0. The van der Waals surface area contributed by atoms with Crippen LogP contribution in [0.5, 0.6) is 0 Å². The molecule has 5 unspecified atom stereocenters. The minimum absolute atomic E-state index is 0.120. The van der Waals surface area contributed by atoms with Crippen molar-refractivity contribution in [2.45, 2.75) is 19.4 Å². The first-order valence-corrected chi connectivity index (χ1v) is 10.4. The Hall–Kier alpha value is -3.54. The molecule has 31 heavy (non-hydrogen) atoms. The van der Waals surface area contributed by atoms with Crippen molar-refractivity contribution in [3.8, 4) is 0 Å². The Morgan fingerprint density at radius 3 is 2.16 bits per heavy atom. The number of ether oxygens (including phenoxy) is 1. The summed E-state index contributed by atoms with van der Waals surface area (Å²) in [5, 5.41) is 0. The highest BCUT2D eigenvalue weighted by atomic mass is 16.5. The van der Waals surface area contributed by atoms with Crippen LogP contribution >= 0.6 is 0 Å². The molecule has 0 N–H and O–H groups in total. The maximum absolute atomic E-state index is 13.0. The van der Waals surface area contributed by atoms with E-state index in [0.717, 1.165) is 6.42 Å². The highest BCUT2D eigenvalue weighted by molar-refractivity contribution is 6.23. The molecule has 2 amide bonds. The summed E-state index contributed by atoms with van der Waals surface area (Å²) in [6, 6.07) is 14.9. The van der Waals surface area contributed by atoms with Crippen LogP contribution in [0.1, 0.15) is 34.1 Å². The number of esters is 1. The molecule has 6 heteroatoms. The lowest BCUT2D eigenvalue weighted by molar-refractivity contribution is -0.123. The molecule has 1 saturated heterocycles. The zero-order valence-electron chi connectivity index (χ0n) is 16.9. The third-order valence-electron chi connectivity index (χ3n) is 6.52. The molecular formula is C25H21NO5. The molecule has 1 heterocycles. The Kier molecular flexibility index (Phi) is 4.58. The first kappa shape index (κ1) is 19.4. The predicted octanol–water partition coefficient (Wildman–Crippen LogP) is 3.43. The van der Waals surface area contributed by atoms with Gasteiger partial charge in [-0.15, -0.1) is 0 Å². The molecule has 2 aliphatic carbocycles. The van der Waals surface area contributed by atoms with Gasteiger partial charge in [0.1, 0.15) is 0 Å². The lowest BCUT2D eigenvalue weighted by Crippen LogP contribution is -2.33.